The van der Waals surface area contributed by atoms with E-state index >= 15 is 0 Å². The van der Waals surface area contributed by atoms with Crippen LogP contribution in [0.1, 0.15) is 49.1 Å². The first-order valence-electron chi connectivity index (χ1n) is 7.30. The maximum Gasteiger partial charge on any atom is 0.360 e. The number of methoxy groups -OCH3 is 1. The lowest BCUT2D eigenvalue weighted by atomic mass is 9.92. The van der Waals surface area contributed by atoms with Crippen molar-refractivity contribution in [3.8, 4) is 0 Å². The average molecular weight is 327 g/mol. The fourth-order valence-electron chi connectivity index (χ4n) is 2.50. The summed E-state index contributed by atoms with van der Waals surface area (Å²) in [6.07, 6.45) is 6.89. The molecule has 3 atom stereocenters. The van der Waals surface area contributed by atoms with Crippen molar-refractivity contribution in [3.63, 3.8) is 0 Å². The van der Waals surface area contributed by atoms with Crippen molar-refractivity contribution in [1.82, 2.24) is 15.0 Å². The fourth-order valence-corrected chi connectivity index (χ4v) is 2.74. The first-order chi connectivity index (χ1) is 10.6. The Hall–Kier alpha value is -1.57. The number of hydrogen-bond donors (Lipinski definition) is 0. The predicted molar refractivity (Wildman–Crippen MR) is 81.7 cm³/mol. The summed E-state index contributed by atoms with van der Waals surface area (Å²) < 4.78 is 11.9. The van der Waals surface area contributed by atoms with Crippen LogP contribution in [-0.4, -0.2) is 51.7 Å². The molecule has 1 fully saturated rings. The Balaban J connectivity index is 2.10. The van der Waals surface area contributed by atoms with Crippen LogP contribution < -0.4 is 0 Å². The molecule has 22 heavy (non-hydrogen) atoms. The Kier molecular flexibility index (Phi) is 5.82. The number of aromatic nitrogens is 3. The van der Waals surface area contributed by atoms with Crippen LogP contribution in [0.2, 0.25) is 0 Å². The maximum absolute atomic E-state index is 12.0. The SMILES string of the molecule is COC(=O)c1cn([C@@H]2CCCC[C@@H]2OC(=O)[C@H](C)SC)nn1. The van der Waals surface area contributed by atoms with Gasteiger partial charge in [-0.1, -0.05) is 11.6 Å². The van der Waals surface area contributed by atoms with E-state index < -0.39 is 5.97 Å². The number of carbonyl (C=O) groups is 2. The van der Waals surface area contributed by atoms with Gasteiger partial charge in [0.15, 0.2) is 5.69 Å². The lowest BCUT2D eigenvalue weighted by Crippen LogP contribution is -2.34. The van der Waals surface area contributed by atoms with Crippen LogP contribution in [0, 0.1) is 0 Å². The minimum atomic E-state index is -0.522. The molecule has 0 saturated heterocycles. The van der Waals surface area contributed by atoms with Gasteiger partial charge in [-0.2, -0.15) is 11.8 Å². The Labute approximate surface area is 133 Å². The maximum atomic E-state index is 12.0. The van der Waals surface area contributed by atoms with Crippen LogP contribution >= 0.6 is 11.8 Å². The van der Waals surface area contributed by atoms with Gasteiger partial charge >= 0.3 is 11.9 Å². The zero-order valence-electron chi connectivity index (χ0n) is 13.0. The fraction of sp³-hybridized carbons (Fsp3) is 0.714. The summed E-state index contributed by atoms with van der Waals surface area (Å²) in [5, 5.41) is 7.63. The molecule has 1 aromatic heterocycles. The molecule has 1 aliphatic carbocycles. The van der Waals surface area contributed by atoms with Gasteiger partial charge in [0.25, 0.3) is 0 Å². The lowest BCUT2D eigenvalue weighted by molar-refractivity contribution is -0.152. The number of hydrogen-bond acceptors (Lipinski definition) is 7. The molecule has 7 nitrogen and oxygen atoms in total. The summed E-state index contributed by atoms with van der Waals surface area (Å²) in [5.41, 5.74) is 0.163. The minimum absolute atomic E-state index is 0.0855. The second-order valence-electron chi connectivity index (χ2n) is 5.28. The third-order valence-electron chi connectivity index (χ3n) is 3.87. The highest BCUT2D eigenvalue weighted by atomic mass is 32.2. The number of nitrogens with zero attached hydrogens (tertiary/aromatic N) is 3. The van der Waals surface area contributed by atoms with Gasteiger partial charge in [0.1, 0.15) is 6.10 Å². The van der Waals surface area contributed by atoms with Crippen molar-refractivity contribution in [2.45, 2.75) is 50.0 Å². The summed E-state index contributed by atoms with van der Waals surface area (Å²) >= 11 is 1.46. The highest BCUT2D eigenvalue weighted by Gasteiger charge is 2.32. The minimum Gasteiger partial charge on any atom is -0.464 e. The number of carbonyl (C=O) groups excluding carboxylic acids is 2. The second kappa shape index (κ2) is 7.62. The van der Waals surface area contributed by atoms with Crippen LogP contribution in [0.25, 0.3) is 0 Å². The molecule has 0 unspecified atom stereocenters. The van der Waals surface area contributed by atoms with Crippen LogP contribution in [0.4, 0.5) is 0 Å². The zero-order chi connectivity index (χ0) is 16.1. The Morgan fingerprint density at radius 3 is 2.82 bits per heavy atom. The molecule has 2 rings (SSSR count). The number of esters is 2. The van der Waals surface area contributed by atoms with Crippen molar-refractivity contribution < 1.29 is 19.1 Å². The first-order valence-corrected chi connectivity index (χ1v) is 8.59. The molecule has 0 bridgehead atoms. The van der Waals surface area contributed by atoms with Crippen molar-refractivity contribution in [1.29, 1.82) is 0 Å². The van der Waals surface area contributed by atoms with Gasteiger partial charge in [-0.05, 0) is 32.4 Å². The largest absolute Gasteiger partial charge is 0.464 e. The highest BCUT2D eigenvalue weighted by molar-refractivity contribution is 7.99. The standard InChI is InChI=1S/C14H21N3O4S/c1-9(22-3)13(18)21-12-7-5-4-6-11(12)17-8-10(15-16-17)14(19)20-2/h8-9,11-12H,4-7H2,1-3H3/t9-,11+,12-/m0/s1. The van der Waals surface area contributed by atoms with Crippen molar-refractivity contribution in [2.75, 3.05) is 13.4 Å². The Morgan fingerprint density at radius 1 is 1.41 bits per heavy atom. The molecule has 0 aliphatic heterocycles. The van der Waals surface area contributed by atoms with Crippen LogP contribution in [-0.2, 0) is 14.3 Å². The number of ether oxygens (including phenoxy) is 2. The van der Waals surface area contributed by atoms with E-state index in [2.05, 4.69) is 15.0 Å². The number of rotatable bonds is 5. The van der Waals surface area contributed by atoms with Crippen LogP contribution in [0.15, 0.2) is 6.20 Å². The normalized spacial score (nSPS) is 22.9. The van der Waals surface area contributed by atoms with E-state index in [1.54, 1.807) is 10.9 Å². The molecular weight excluding hydrogens is 306 g/mol. The van der Waals surface area contributed by atoms with E-state index in [1.807, 2.05) is 13.2 Å². The first kappa shape index (κ1) is 16.8. The molecule has 8 heteroatoms. The van der Waals surface area contributed by atoms with Gasteiger partial charge < -0.3 is 9.47 Å². The zero-order valence-corrected chi connectivity index (χ0v) is 13.8. The molecule has 1 saturated carbocycles. The van der Waals surface area contributed by atoms with Gasteiger partial charge in [0, 0.05) is 0 Å². The quantitative estimate of drug-likeness (QED) is 0.763. The topological polar surface area (TPSA) is 83.3 Å². The average Bonchev–Trinajstić information content (AvgIpc) is 3.03. The molecule has 0 amide bonds. The summed E-state index contributed by atoms with van der Waals surface area (Å²) in [6.45, 7) is 1.83. The van der Waals surface area contributed by atoms with Crippen LogP contribution in [0.3, 0.4) is 0 Å². The summed E-state index contributed by atoms with van der Waals surface area (Å²) in [6, 6.07) is -0.0855. The molecule has 0 radical (unpaired) electrons. The van der Waals surface area contributed by atoms with Crippen molar-refractivity contribution in [2.24, 2.45) is 0 Å². The van der Waals surface area contributed by atoms with E-state index in [0.717, 1.165) is 25.7 Å². The second-order valence-corrected chi connectivity index (χ2v) is 6.46. The summed E-state index contributed by atoms with van der Waals surface area (Å²) in [7, 11) is 1.30. The van der Waals surface area contributed by atoms with E-state index in [9.17, 15) is 9.59 Å². The predicted octanol–water partition coefficient (Wildman–Crippen LogP) is 1.84. The smallest absolute Gasteiger partial charge is 0.360 e. The lowest BCUT2D eigenvalue weighted by Gasteiger charge is -2.31. The molecule has 1 heterocycles. The van der Waals surface area contributed by atoms with Gasteiger partial charge in [-0.15, -0.1) is 5.10 Å². The molecule has 122 valence electrons. The Bertz CT molecular complexity index is 534. The molecule has 1 aliphatic rings. The number of thioether (sulfide) groups is 1. The molecule has 0 spiro atoms. The third kappa shape index (κ3) is 3.79. The van der Waals surface area contributed by atoms with Crippen molar-refractivity contribution in [3.05, 3.63) is 11.9 Å². The monoisotopic (exact) mass is 327 g/mol. The molecular formula is C14H21N3O4S. The summed E-state index contributed by atoms with van der Waals surface area (Å²) in [5.74, 6) is -0.732. The van der Waals surface area contributed by atoms with Crippen LogP contribution in [0.5, 0.6) is 0 Å². The Morgan fingerprint density at radius 2 is 2.14 bits per heavy atom. The third-order valence-corrected chi connectivity index (χ3v) is 4.76. The van der Waals surface area contributed by atoms with E-state index in [0.29, 0.717) is 0 Å². The van der Waals surface area contributed by atoms with Gasteiger partial charge in [0.2, 0.25) is 0 Å². The molecule has 0 N–H and O–H groups in total. The van der Waals surface area contributed by atoms with Gasteiger partial charge in [-0.25, -0.2) is 9.48 Å². The van der Waals surface area contributed by atoms with Gasteiger partial charge in [-0.3, -0.25) is 4.79 Å². The summed E-state index contributed by atoms with van der Waals surface area (Å²) in [4.78, 5) is 23.5. The highest BCUT2D eigenvalue weighted by Crippen LogP contribution is 2.31. The van der Waals surface area contributed by atoms with Crippen molar-refractivity contribution >= 4 is 23.7 Å². The van der Waals surface area contributed by atoms with E-state index in [4.69, 9.17) is 4.74 Å². The van der Waals surface area contributed by atoms with E-state index in [1.165, 1.54) is 18.9 Å². The van der Waals surface area contributed by atoms with Gasteiger partial charge in [0.05, 0.1) is 24.6 Å². The molecule has 1 aromatic rings. The van der Waals surface area contributed by atoms with E-state index in [-0.39, 0.29) is 29.1 Å². The molecule has 0 aromatic carbocycles.